The SMILES string of the molecule is CCn1ncnc1COc1nc2c(-c3ccccc3F)nnc(C)n2c1C1CCCC1. The van der Waals surface area contributed by atoms with Crippen molar-refractivity contribution in [2.24, 2.45) is 0 Å². The summed E-state index contributed by atoms with van der Waals surface area (Å²) in [6, 6.07) is 6.56. The van der Waals surface area contributed by atoms with E-state index in [1.54, 1.807) is 22.9 Å². The lowest BCUT2D eigenvalue weighted by molar-refractivity contribution is 0.272. The van der Waals surface area contributed by atoms with E-state index in [2.05, 4.69) is 20.3 Å². The summed E-state index contributed by atoms with van der Waals surface area (Å²) in [7, 11) is 0. The van der Waals surface area contributed by atoms with E-state index in [0.29, 0.717) is 41.1 Å². The monoisotopic (exact) mass is 421 g/mol. The Morgan fingerprint density at radius 3 is 2.74 bits per heavy atom. The highest BCUT2D eigenvalue weighted by molar-refractivity contribution is 5.75. The molecular formula is C22H24FN7O. The van der Waals surface area contributed by atoms with Crippen LogP contribution in [0.25, 0.3) is 16.9 Å². The van der Waals surface area contributed by atoms with Gasteiger partial charge in [-0.15, -0.1) is 10.2 Å². The summed E-state index contributed by atoms with van der Waals surface area (Å²) in [5.74, 6) is 1.93. The molecule has 1 aliphatic rings. The predicted octanol–water partition coefficient (Wildman–Crippen LogP) is 4.09. The molecule has 0 N–H and O–H groups in total. The number of hydrogen-bond acceptors (Lipinski definition) is 6. The zero-order valence-corrected chi connectivity index (χ0v) is 17.6. The molecule has 0 radical (unpaired) electrons. The van der Waals surface area contributed by atoms with Crippen molar-refractivity contribution in [3.63, 3.8) is 0 Å². The van der Waals surface area contributed by atoms with Crippen LogP contribution in [0.15, 0.2) is 30.6 Å². The van der Waals surface area contributed by atoms with E-state index in [1.165, 1.54) is 25.2 Å². The Kier molecular flexibility index (Phi) is 5.09. The van der Waals surface area contributed by atoms with Crippen molar-refractivity contribution in [1.82, 2.24) is 34.3 Å². The van der Waals surface area contributed by atoms with Crippen LogP contribution < -0.4 is 4.74 Å². The van der Waals surface area contributed by atoms with E-state index in [0.717, 1.165) is 24.4 Å². The highest BCUT2D eigenvalue weighted by atomic mass is 19.1. The van der Waals surface area contributed by atoms with Crippen LogP contribution in [0.1, 0.15) is 55.9 Å². The molecule has 5 rings (SSSR count). The molecule has 1 fully saturated rings. The lowest BCUT2D eigenvalue weighted by atomic mass is 10.0. The number of nitrogens with zero attached hydrogens (tertiary/aromatic N) is 7. The lowest BCUT2D eigenvalue weighted by Crippen LogP contribution is -2.10. The molecule has 0 unspecified atom stereocenters. The van der Waals surface area contributed by atoms with Gasteiger partial charge in [0.05, 0.1) is 5.69 Å². The fraction of sp³-hybridized carbons (Fsp3) is 0.409. The second-order valence-corrected chi connectivity index (χ2v) is 7.80. The van der Waals surface area contributed by atoms with Gasteiger partial charge in [-0.05, 0) is 38.8 Å². The molecular weight excluding hydrogens is 397 g/mol. The Labute approximate surface area is 179 Å². The maximum Gasteiger partial charge on any atom is 0.236 e. The van der Waals surface area contributed by atoms with Crippen molar-refractivity contribution in [3.05, 3.63) is 53.8 Å². The Balaban J connectivity index is 1.65. The van der Waals surface area contributed by atoms with Crippen LogP contribution in [0.3, 0.4) is 0 Å². The summed E-state index contributed by atoms with van der Waals surface area (Å²) in [5.41, 5.74) is 2.33. The maximum atomic E-state index is 14.6. The van der Waals surface area contributed by atoms with Crippen LogP contribution in [-0.2, 0) is 13.2 Å². The van der Waals surface area contributed by atoms with Gasteiger partial charge in [-0.2, -0.15) is 10.1 Å². The lowest BCUT2D eigenvalue weighted by Gasteiger charge is -2.13. The average Bonchev–Trinajstić information content (AvgIpc) is 3.52. The third-order valence-corrected chi connectivity index (χ3v) is 5.91. The minimum atomic E-state index is -0.355. The number of fused-ring (bicyclic) bond motifs is 1. The van der Waals surface area contributed by atoms with Crippen molar-refractivity contribution in [1.29, 1.82) is 0 Å². The molecule has 9 heteroatoms. The maximum absolute atomic E-state index is 14.6. The van der Waals surface area contributed by atoms with E-state index in [4.69, 9.17) is 9.72 Å². The molecule has 3 aromatic heterocycles. The number of benzene rings is 1. The highest BCUT2D eigenvalue weighted by Gasteiger charge is 2.29. The molecule has 0 aliphatic heterocycles. The Morgan fingerprint density at radius 1 is 1.16 bits per heavy atom. The van der Waals surface area contributed by atoms with Gasteiger partial charge >= 0.3 is 0 Å². The first-order chi connectivity index (χ1) is 15.2. The van der Waals surface area contributed by atoms with Crippen molar-refractivity contribution in [2.75, 3.05) is 0 Å². The van der Waals surface area contributed by atoms with Gasteiger partial charge in [0.15, 0.2) is 11.5 Å². The molecule has 8 nitrogen and oxygen atoms in total. The van der Waals surface area contributed by atoms with E-state index >= 15 is 0 Å². The molecule has 31 heavy (non-hydrogen) atoms. The molecule has 1 aliphatic carbocycles. The van der Waals surface area contributed by atoms with Crippen LogP contribution in [0.5, 0.6) is 5.88 Å². The number of rotatable bonds is 6. The van der Waals surface area contributed by atoms with Crippen molar-refractivity contribution < 1.29 is 9.13 Å². The number of halogens is 1. The zero-order valence-electron chi connectivity index (χ0n) is 17.6. The van der Waals surface area contributed by atoms with Crippen molar-refractivity contribution in [3.8, 4) is 17.1 Å². The van der Waals surface area contributed by atoms with Crippen molar-refractivity contribution >= 4 is 5.65 Å². The summed E-state index contributed by atoms with van der Waals surface area (Å²) in [6.45, 7) is 4.87. The van der Waals surface area contributed by atoms with E-state index in [1.807, 2.05) is 18.2 Å². The van der Waals surface area contributed by atoms with E-state index in [9.17, 15) is 4.39 Å². The molecule has 0 atom stereocenters. The molecule has 0 spiro atoms. The number of imidazole rings is 1. The standard InChI is InChI=1S/C22H24FN7O/c1-3-29-18(24-13-25-29)12-31-22-20(15-8-4-5-9-15)30-14(2)27-28-19(21(30)26-22)16-10-6-7-11-17(16)23/h6-7,10-11,13,15H,3-5,8-9,12H2,1-2H3. The second kappa shape index (κ2) is 8.05. The van der Waals surface area contributed by atoms with Gasteiger partial charge < -0.3 is 4.74 Å². The average molecular weight is 421 g/mol. The summed E-state index contributed by atoms with van der Waals surface area (Å²) in [6.07, 6.45) is 5.98. The molecule has 0 amide bonds. The van der Waals surface area contributed by atoms with Crippen LogP contribution in [0.2, 0.25) is 0 Å². The number of aryl methyl sites for hydroxylation is 2. The first-order valence-electron chi connectivity index (χ1n) is 10.7. The first-order valence-corrected chi connectivity index (χ1v) is 10.7. The minimum Gasteiger partial charge on any atom is -0.468 e. The molecule has 4 aromatic rings. The number of aromatic nitrogens is 7. The minimum absolute atomic E-state index is 0.256. The third-order valence-electron chi connectivity index (χ3n) is 5.91. The molecule has 1 aromatic carbocycles. The second-order valence-electron chi connectivity index (χ2n) is 7.80. The van der Waals surface area contributed by atoms with Crippen LogP contribution >= 0.6 is 0 Å². The summed E-state index contributed by atoms with van der Waals surface area (Å²) in [5, 5.41) is 12.8. The topological polar surface area (TPSA) is 83.0 Å². The Morgan fingerprint density at radius 2 is 1.97 bits per heavy atom. The predicted molar refractivity (Wildman–Crippen MR) is 112 cm³/mol. The zero-order chi connectivity index (χ0) is 21.4. The van der Waals surface area contributed by atoms with Gasteiger partial charge in [0.2, 0.25) is 5.88 Å². The third kappa shape index (κ3) is 3.43. The molecule has 0 saturated heterocycles. The molecule has 1 saturated carbocycles. The van der Waals surface area contributed by atoms with Crippen LogP contribution in [0, 0.1) is 12.7 Å². The number of ether oxygens (including phenoxy) is 1. The van der Waals surface area contributed by atoms with Gasteiger partial charge in [0, 0.05) is 18.0 Å². The fourth-order valence-corrected chi connectivity index (χ4v) is 4.40. The summed E-state index contributed by atoms with van der Waals surface area (Å²) < 4.78 is 24.6. The van der Waals surface area contributed by atoms with Crippen molar-refractivity contribution in [2.45, 2.75) is 58.6 Å². The van der Waals surface area contributed by atoms with Gasteiger partial charge in [-0.1, -0.05) is 25.0 Å². The number of hydrogen-bond donors (Lipinski definition) is 0. The van der Waals surface area contributed by atoms with E-state index in [-0.39, 0.29) is 12.4 Å². The largest absolute Gasteiger partial charge is 0.468 e. The highest BCUT2D eigenvalue weighted by Crippen LogP contribution is 2.40. The van der Waals surface area contributed by atoms with Gasteiger partial charge in [-0.25, -0.2) is 14.1 Å². The summed E-state index contributed by atoms with van der Waals surface area (Å²) >= 11 is 0. The molecule has 3 heterocycles. The van der Waals surface area contributed by atoms with Crippen LogP contribution in [-0.4, -0.2) is 34.3 Å². The quantitative estimate of drug-likeness (QED) is 0.466. The van der Waals surface area contributed by atoms with E-state index < -0.39 is 0 Å². The first kappa shape index (κ1) is 19.6. The van der Waals surface area contributed by atoms with Gasteiger partial charge in [0.25, 0.3) is 0 Å². The fourth-order valence-electron chi connectivity index (χ4n) is 4.40. The summed E-state index contributed by atoms with van der Waals surface area (Å²) in [4.78, 5) is 9.10. The van der Waals surface area contributed by atoms with Gasteiger partial charge in [0.1, 0.15) is 30.3 Å². The molecule has 160 valence electrons. The molecule has 0 bridgehead atoms. The van der Waals surface area contributed by atoms with Gasteiger partial charge in [-0.3, -0.25) is 4.40 Å². The Bertz CT molecular complexity index is 1230. The Hall–Kier alpha value is -3.36. The van der Waals surface area contributed by atoms with Crippen LogP contribution in [0.4, 0.5) is 4.39 Å². The normalized spacial score (nSPS) is 14.5. The smallest absolute Gasteiger partial charge is 0.236 e.